The van der Waals surface area contributed by atoms with Crippen molar-refractivity contribution in [3.05, 3.63) is 33.7 Å². The summed E-state index contributed by atoms with van der Waals surface area (Å²) in [5.74, 6) is 0. The van der Waals surface area contributed by atoms with E-state index in [9.17, 15) is 18.4 Å². The second-order valence-electron chi connectivity index (χ2n) is 2.24. The lowest BCUT2D eigenvalue weighted by molar-refractivity contribution is 0.107. The number of alkyl halides is 2. The largest absolute Gasteiger partial charge is 0.359 e. The number of pyridine rings is 1. The van der Waals surface area contributed by atoms with Crippen molar-refractivity contribution in [2.45, 2.75) is 6.43 Å². The quantitative estimate of drug-likeness (QED) is 0.751. The van der Waals surface area contributed by atoms with Gasteiger partial charge in [-0.1, -0.05) is 0 Å². The lowest BCUT2D eigenvalue weighted by Gasteiger charge is -1.98. The molecule has 1 heterocycles. The van der Waals surface area contributed by atoms with Gasteiger partial charge in [0.05, 0.1) is 11.3 Å². The van der Waals surface area contributed by atoms with E-state index in [-0.39, 0.29) is 5.56 Å². The molecule has 0 bridgehead atoms. The molecule has 3 nitrogen and oxygen atoms in total. The van der Waals surface area contributed by atoms with Crippen molar-refractivity contribution in [1.29, 1.82) is 0 Å². The first-order valence-electron chi connectivity index (χ1n) is 3.23. The topological polar surface area (TPSA) is 49.9 Å². The fraction of sp³-hybridized carbons (Fsp3) is 0.143. The van der Waals surface area contributed by atoms with E-state index in [1.165, 1.54) is 0 Å². The molecule has 13 heavy (non-hydrogen) atoms. The molecule has 0 fully saturated rings. The average Bonchev–Trinajstić information content (AvgIpc) is 2.03. The SMILES string of the molecule is O=C(Cl)c1c[nH]c(C(F)F)cc1=O. The average molecular weight is 208 g/mol. The predicted octanol–water partition coefficient (Wildman–Crippen LogP) is 1.69. The van der Waals surface area contributed by atoms with Gasteiger partial charge in [-0.2, -0.15) is 0 Å². The number of nitrogens with one attached hydrogen (secondary N) is 1. The Bertz CT molecular complexity index is 388. The van der Waals surface area contributed by atoms with Gasteiger partial charge in [0, 0.05) is 12.3 Å². The number of hydrogen-bond donors (Lipinski definition) is 1. The minimum Gasteiger partial charge on any atom is -0.359 e. The van der Waals surface area contributed by atoms with Crippen molar-refractivity contribution in [2.75, 3.05) is 0 Å². The van der Waals surface area contributed by atoms with Gasteiger partial charge in [-0.05, 0) is 11.6 Å². The maximum absolute atomic E-state index is 12.0. The van der Waals surface area contributed by atoms with Crippen LogP contribution in [0.2, 0.25) is 0 Å². The summed E-state index contributed by atoms with van der Waals surface area (Å²) in [6.07, 6.45) is -1.90. The van der Waals surface area contributed by atoms with Gasteiger partial charge < -0.3 is 4.98 Å². The number of carbonyl (C=O) groups is 1. The summed E-state index contributed by atoms with van der Waals surface area (Å²) in [4.78, 5) is 23.5. The van der Waals surface area contributed by atoms with Crippen LogP contribution in [0, 0.1) is 0 Å². The van der Waals surface area contributed by atoms with Crippen LogP contribution in [0.3, 0.4) is 0 Å². The van der Waals surface area contributed by atoms with E-state index in [0.29, 0.717) is 6.07 Å². The number of rotatable bonds is 2. The fourth-order valence-corrected chi connectivity index (χ4v) is 0.915. The lowest BCUT2D eigenvalue weighted by Crippen LogP contribution is -2.12. The third-order valence-electron chi connectivity index (χ3n) is 1.38. The van der Waals surface area contributed by atoms with Crippen molar-refractivity contribution < 1.29 is 13.6 Å². The van der Waals surface area contributed by atoms with Crippen LogP contribution in [-0.2, 0) is 0 Å². The summed E-state index contributed by atoms with van der Waals surface area (Å²) >= 11 is 4.99. The summed E-state index contributed by atoms with van der Waals surface area (Å²) in [5, 5.41) is -0.970. The summed E-state index contributed by atoms with van der Waals surface area (Å²) < 4.78 is 24.0. The molecule has 0 unspecified atom stereocenters. The van der Waals surface area contributed by atoms with E-state index < -0.39 is 22.8 Å². The van der Waals surface area contributed by atoms with Crippen molar-refractivity contribution in [3.63, 3.8) is 0 Å². The highest BCUT2D eigenvalue weighted by atomic mass is 35.5. The first kappa shape index (κ1) is 9.85. The first-order chi connectivity index (χ1) is 6.02. The third-order valence-corrected chi connectivity index (χ3v) is 1.59. The van der Waals surface area contributed by atoms with Crippen LogP contribution in [0.25, 0.3) is 0 Å². The number of H-pyrrole nitrogens is 1. The van der Waals surface area contributed by atoms with E-state index in [2.05, 4.69) is 4.98 Å². The summed E-state index contributed by atoms with van der Waals surface area (Å²) in [6, 6.07) is 0.653. The molecule has 1 aromatic rings. The molecular formula is C7H4ClF2NO2. The molecule has 6 heteroatoms. The van der Waals surface area contributed by atoms with Crippen molar-refractivity contribution in [2.24, 2.45) is 0 Å². The van der Waals surface area contributed by atoms with Gasteiger partial charge in [0.15, 0.2) is 5.43 Å². The molecular weight excluding hydrogens is 204 g/mol. The molecule has 1 rings (SSSR count). The molecule has 1 N–H and O–H groups in total. The predicted molar refractivity (Wildman–Crippen MR) is 42.2 cm³/mol. The number of aromatic nitrogens is 1. The van der Waals surface area contributed by atoms with Gasteiger partial charge in [-0.25, -0.2) is 8.78 Å². The van der Waals surface area contributed by atoms with Crippen molar-refractivity contribution >= 4 is 16.8 Å². The molecule has 0 aliphatic rings. The maximum atomic E-state index is 12.0. The fourth-order valence-electron chi connectivity index (χ4n) is 0.767. The van der Waals surface area contributed by atoms with Crippen LogP contribution >= 0.6 is 11.6 Å². The molecule has 0 saturated heterocycles. The number of hydrogen-bond acceptors (Lipinski definition) is 2. The van der Waals surface area contributed by atoms with Gasteiger partial charge in [0.2, 0.25) is 0 Å². The van der Waals surface area contributed by atoms with Gasteiger partial charge >= 0.3 is 0 Å². The minimum atomic E-state index is -2.77. The van der Waals surface area contributed by atoms with Gasteiger partial charge in [0.1, 0.15) is 0 Å². The molecule has 0 aromatic carbocycles. The number of halogens is 3. The van der Waals surface area contributed by atoms with E-state index in [1.807, 2.05) is 0 Å². The summed E-state index contributed by atoms with van der Waals surface area (Å²) in [5.41, 5.74) is -1.69. The van der Waals surface area contributed by atoms with E-state index in [0.717, 1.165) is 6.20 Å². The molecule has 0 atom stereocenters. The van der Waals surface area contributed by atoms with Crippen LogP contribution in [0.5, 0.6) is 0 Å². The second kappa shape index (κ2) is 3.66. The highest BCUT2D eigenvalue weighted by Gasteiger charge is 2.12. The molecule has 70 valence electrons. The smallest absolute Gasteiger partial charge is 0.278 e. The molecule has 0 saturated carbocycles. The Morgan fingerprint density at radius 2 is 2.15 bits per heavy atom. The Morgan fingerprint density at radius 3 is 2.54 bits per heavy atom. The van der Waals surface area contributed by atoms with Crippen LogP contribution < -0.4 is 5.43 Å². The zero-order valence-corrected chi connectivity index (χ0v) is 6.94. The van der Waals surface area contributed by atoms with E-state index >= 15 is 0 Å². The Labute approximate surface area is 76.3 Å². The standard InChI is InChI=1S/C7H4ClF2NO2/c8-6(13)3-2-11-4(7(9)10)1-5(3)12/h1-2,7H,(H,11,12). The lowest BCUT2D eigenvalue weighted by atomic mass is 10.2. The van der Waals surface area contributed by atoms with Crippen molar-refractivity contribution in [1.82, 2.24) is 4.98 Å². The molecule has 0 spiro atoms. The second-order valence-corrected chi connectivity index (χ2v) is 2.58. The Hall–Kier alpha value is -1.23. The molecule has 0 radical (unpaired) electrons. The molecule has 0 aliphatic carbocycles. The zero-order valence-electron chi connectivity index (χ0n) is 6.18. The van der Waals surface area contributed by atoms with Crippen LogP contribution in [0.15, 0.2) is 17.1 Å². The van der Waals surface area contributed by atoms with E-state index in [1.54, 1.807) is 0 Å². The first-order valence-corrected chi connectivity index (χ1v) is 3.61. The van der Waals surface area contributed by atoms with Crippen LogP contribution in [-0.4, -0.2) is 10.2 Å². The van der Waals surface area contributed by atoms with Gasteiger partial charge in [-0.15, -0.1) is 0 Å². The van der Waals surface area contributed by atoms with Gasteiger partial charge in [0.25, 0.3) is 11.7 Å². The zero-order chi connectivity index (χ0) is 10.0. The number of aromatic amines is 1. The van der Waals surface area contributed by atoms with Gasteiger partial charge in [-0.3, -0.25) is 9.59 Å². The normalized spacial score (nSPS) is 10.5. The Balaban J connectivity index is 3.21. The Kier molecular flexibility index (Phi) is 2.77. The summed E-state index contributed by atoms with van der Waals surface area (Å²) in [7, 11) is 0. The maximum Gasteiger partial charge on any atom is 0.278 e. The Morgan fingerprint density at radius 1 is 1.54 bits per heavy atom. The minimum absolute atomic E-state index is 0.342. The van der Waals surface area contributed by atoms with E-state index in [4.69, 9.17) is 11.6 Å². The summed E-state index contributed by atoms with van der Waals surface area (Å²) in [6.45, 7) is 0. The van der Waals surface area contributed by atoms with Crippen molar-refractivity contribution in [3.8, 4) is 0 Å². The third kappa shape index (κ3) is 2.12. The molecule has 0 aliphatic heterocycles. The van der Waals surface area contributed by atoms with Crippen LogP contribution in [0.1, 0.15) is 22.5 Å². The number of carbonyl (C=O) groups excluding carboxylic acids is 1. The van der Waals surface area contributed by atoms with Crippen LogP contribution in [0.4, 0.5) is 8.78 Å². The highest BCUT2D eigenvalue weighted by molar-refractivity contribution is 6.67. The monoisotopic (exact) mass is 207 g/mol. The molecule has 1 aromatic heterocycles. The highest BCUT2D eigenvalue weighted by Crippen LogP contribution is 2.13. The molecule has 0 amide bonds.